The average molecular weight is 321 g/mol. The molecule has 118 valence electrons. The average Bonchev–Trinajstić information content (AvgIpc) is 3.00. The third-order valence-electron chi connectivity index (χ3n) is 2.82. The summed E-state index contributed by atoms with van der Waals surface area (Å²) in [4.78, 5) is 13.4. The fraction of sp³-hybridized carbons (Fsp3) is 0.400. The van der Waals surface area contributed by atoms with Crippen molar-refractivity contribution < 1.29 is 13.9 Å². The molecule has 2 rings (SSSR count). The maximum absolute atomic E-state index is 11.4. The van der Waals surface area contributed by atoms with Crippen LogP contribution < -0.4 is 4.90 Å². The first-order valence-corrected chi connectivity index (χ1v) is 7.98. The van der Waals surface area contributed by atoms with Gasteiger partial charge in [-0.2, -0.15) is 0 Å². The van der Waals surface area contributed by atoms with Crippen molar-refractivity contribution in [1.82, 2.24) is 10.2 Å². The van der Waals surface area contributed by atoms with E-state index in [4.69, 9.17) is 9.15 Å². The van der Waals surface area contributed by atoms with E-state index in [-0.39, 0.29) is 11.7 Å². The lowest BCUT2D eigenvalue weighted by Gasteiger charge is -2.11. The van der Waals surface area contributed by atoms with Crippen molar-refractivity contribution in [2.45, 2.75) is 18.6 Å². The Bertz CT molecular complexity index is 611. The Morgan fingerprint density at radius 2 is 2.00 bits per heavy atom. The molecular weight excluding hydrogens is 302 g/mol. The summed E-state index contributed by atoms with van der Waals surface area (Å²) in [5, 5.41) is 8.29. The highest BCUT2D eigenvalue weighted by atomic mass is 32.2. The summed E-state index contributed by atoms with van der Waals surface area (Å²) in [6, 6.07) is 7.81. The summed E-state index contributed by atoms with van der Waals surface area (Å²) in [7, 11) is 3.96. The molecule has 22 heavy (non-hydrogen) atoms. The standard InChI is InChI=1S/C15H19N3O3S/c1-4-9-20-13(19)10-22-15-17-16-14(21-15)11-5-7-12(8-6-11)18(2)3/h5-8H,4,9-10H2,1-3H3. The van der Waals surface area contributed by atoms with Crippen LogP contribution in [0.4, 0.5) is 5.69 Å². The fourth-order valence-corrected chi connectivity index (χ4v) is 2.23. The van der Waals surface area contributed by atoms with Gasteiger partial charge in [0.25, 0.3) is 5.22 Å². The molecule has 1 aromatic carbocycles. The number of esters is 1. The van der Waals surface area contributed by atoms with Crippen LogP contribution in [-0.4, -0.2) is 42.6 Å². The van der Waals surface area contributed by atoms with Gasteiger partial charge in [0.2, 0.25) is 5.89 Å². The highest BCUT2D eigenvalue weighted by Crippen LogP contribution is 2.24. The summed E-state index contributed by atoms with van der Waals surface area (Å²) >= 11 is 1.18. The van der Waals surface area contributed by atoms with Crippen LogP contribution >= 0.6 is 11.8 Å². The number of aromatic nitrogens is 2. The Kier molecular flexibility index (Phi) is 5.83. The number of carbonyl (C=O) groups excluding carboxylic acids is 1. The second-order valence-electron chi connectivity index (χ2n) is 4.82. The minimum Gasteiger partial charge on any atom is -0.465 e. The second kappa shape index (κ2) is 7.84. The molecule has 6 nitrogen and oxygen atoms in total. The lowest BCUT2D eigenvalue weighted by molar-refractivity contribution is -0.140. The van der Waals surface area contributed by atoms with Crippen LogP contribution in [0.3, 0.4) is 0 Å². The third-order valence-corrected chi connectivity index (χ3v) is 3.61. The predicted octanol–water partition coefficient (Wildman–Crippen LogP) is 2.85. The predicted molar refractivity (Wildman–Crippen MR) is 86.0 cm³/mol. The Morgan fingerprint density at radius 1 is 1.27 bits per heavy atom. The molecular formula is C15H19N3O3S. The van der Waals surface area contributed by atoms with Crippen molar-refractivity contribution >= 4 is 23.4 Å². The van der Waals surface area contributed by atoms with Crippen molar-refractivity contribution in [1.29, 1.82) is 0 Å². The van der Waals surface area contributed by atoms with E-state index in [0.717, 1.165) is 17.7 Å². The molecule has 0 bridgehead atoms. The molecule has 0 fully saturated rings. The van der Waals surface area contributed by atoms with Crippen LogP contribution in [0.2, 0.25) is 0 Å². The summed E-state index contributed by atoms with van der Waals surface area (Å²) in [5.41, 5.74) is 1.94. The van der Waals surface area contributed by atoms with Crippen LogP contribution in [-0.2, 0) is 9.53 Å². The molecule has 7 heteroatoms. The first kappa shape index (κ1) is 16.4. The smallest absolute Gasteiger partial charge is 0.316 e. The molecule has 0 atom stereocenters. The zero-order chi connectivity index (χ0) is 15.9. The van der Waals surface area contributed by atoms with Crippen LogP contribution in [0.5, 0.6) is 0 Å². The molecule has 0 unspecified atom stereocenters. The minimum atomic E-state index is -0.276. The highest BCUT2D eigenvalue weighted by molar-refractivity contribution is 7.99. The van der Waals surface area contributed by atoms with Crippen molar-refractivity contribution in [3.8, 4) is 11.5 Å². The van der Waals surface area contributed by atoms with E-state index >= 15 is 0 Å². The van der Waals surface area contributed by atoms with Crippen molar-refractivity contribution in [3.63, 3.8) is 0 Å². The number of hydrogen-bond donors (Lipinski definition) is 0. The maximum Gasteiger partial charge on any atom is 0.316 e. The van der Waals surface area contributed by atoms with E-state index in [2.05, 4.69) is 10.2 Å². The van der Waals surface area contributed by atoms with Gasteiger partial charge < -0.3 is 14.1 Å². The largest absolute Gasteiger partial charge is 0.465 e. The number of thioether (sulfide) groups is 1. The number of rotatable bonds is 7. The topological polar surface area (TPSA) is 68.5 Å². The van der Waals surface area contributed by atoms with E-state index in [1.54, 1.807) is 0 Å². The fourth-order valence-electron chi connectivity index (χ4n) is 1.67. The normalized spacial score (nSPS) is 10.5. The molecule has 2 aromatic rings. The number of nitrogens with zero attached hydrogens (tertiary/aromatic N) is 3. The zero-order valence-corrected chi connectivity index (χ0v) is 13.7. The van der Waals surface area contributed by atoms with Crippen molar-refractivity contribution in [2.75, 3.05) is 31.4 Å². The Morgan fingerprint density at radius 3 is 2.64 bits per heavy atom. The van der Waals surface area contributed by atoms with E-state index in [9.17, 15) is 4.79 Å². The first-order chi connectivity index (χ1) is 10.6. The summed E-state index contributed by atoms with van der Waals surface area (Å²) < 4.78 is 10.5. The van der Waals surface area contributed by atoms with Gasteiger partial charge >= 0.3 is 5.97 Å². The Labute approximate surface area is 133 Å². The number of benzene rings is 1. The lowest BCUT2D eigenvalue weighted by atomic mass is 10.2. The molecule has 0 aliphatic carbocycles. The van der Waals surface area contributed by atoms with Crippen LogP contribution in [0.15, 0.2) is 33.9 Å². The molecule has 1 aromatic heterocycles. The van der Waals surface area contributed by atoms with Gasteiger partial charge in [-0.1, -0.05) is 18.7 Å². The first-order valence-electron chi connectivity index (χ1n) is 7.00. The zero-order valence-electron chi connectivity index (χ0n) is 12.9. The molecule has 0 radical (unpaired) electrons. The van der Waals surface area contributed by atoms with E-state index in [1.165, 1.54) is 11.8 Å². The Balaban J connectivity index is 1.94. The minimum absolute atomic E-state index is 0.168. The van der Waals surface area contributed by atoms with Crippen LogP contribution in [0.25, 0.3) is 11.5 Å². The van der Waals surface area contributed by atoms with Gasteiger partial charge in [-0.25, -0.2) is 0 Å². The molecule has 0 spiro atoms. The monoisotopic (exact) mass is 321 g/mol. The van der Waals surface area contributed by atoms with Crippen molar-refractivity contribution in [2.24, 2.45) is 0 Å². The molecule has 1 heterocycles. The summed E-state index contributed by atoms with van der Waals surface area (Å²) in [5.74, 6) is 0.331. The van der Waals surface area contributed by atoms with Gasteiger partial charge in [-0.15, -0.1) is 10.2 Å². The van der Waals surface area contributed by atoms with Gasteiger partial charge in [-0.3, -0.25) is 4.79 Å². The van der Waals surface area contributed by atoms with Crippen LogP contribution in [0, 0.1) is 0 Å². The summed E-state index contributed by atoms with van der Waals surface area (Å²) in [6.45, 7) is 2.39. The van der Waals surface area contributed by atoms with E-state index in [1.807, 2.05) is 50.2 Å². The molecule has 0 N–H and O–H groups in total. The maximum atomic E-state index is 11.4. The number of anilines is 1. The highest BCUT2D eigenvalue weighted by Gasteiger charge is 2.12. The molecule has 0 saturated heterocycles. The SMILES string of the molecule is CCCOC(=O)CSc1nnc(-c2ccc(N(C)C)cc2)o1. The third kappa shape index (κ3) is 4.49. The van der Waals surface area contributed by atoms with Gasteiger partial charge in [0.05, 0.1) is 6.61 Å². The Hall–Kier alpha value is -2.02. The van der Waals surface area contributed by atoms with E-state index < -0.39 is 0 Å². The van der Waals surface area contributed by atoms with Gasteiger partial charge in [0.15, 0.2) is 0 Å². The van der Waals surface area contributed by atoms with Gasteiger partial charge in [0.1, 0.15) is 5.75 Å². The molecule has 0 amide bonds. The number of hydrogen-bond acceptors (Lipinski definition) is 7. The van der Waals surface area contributed by atoms with Crippen LogP contribution in [0.1, 0.15) is 13.3 Å². The van der Waals surface area contributed by atoms with Crippen molar-refractivity contribution in [3.05, 3.63) is 24.3 Å². The van der Waals surface area contributed by atoms with Gasteiger partial charge in [0, 0.05) is 25.3 Å². The molecule has 0 saturated carbocycles. The van der Waals surface area contributed by atoms with Gasteiger partial charge in [-0.05, 0) is 30.7 Å². The quantitative estimate of drug-likeness (QED) is 0.573. The number of carbonyl (C=O) groups is 1. The summed E-state index contributed by atoms with van der Waals surface area (Å²) in [6.07, 6.45) is 0.810. The van der Waals surface area contributed by atoms with E-state index in [0.29, 0.717) is 17.7 Å². The lowest BCUT2D eigenvalue weighted by Crippen LogP contribution is -2.07. The molecule has 0 aliphatic heterocycles. The number of ether oxygens (including phenoxy) is 1. The molecule has 0 aliphatic rings. The second-order valence-corrected chi connectivity index (χ2v) is 5.75.